The Morgan fingerprint density at radius 1 is 1.35 bits per heavy atom. The summed E-state index contributed by atoms with van der Waals surface area (Å²) in [4.78, 5) is 4.31. The van der Waals surface area contributed by atoms with Crippen molar-refractivity contribution in [3.63, 3.8) is 0 Å². The quantitative estimate of drug-likeness (QED) is 0.499. The van der Waals surface area contributed by atoms with E-state index < -0.39 is 0 Å². The second-order valence-corrected chi connectivity index (χ2v) is 7.22. The van der Waals surface area contributed by atoms with E-state index >= 15 is 0 Å². The molecule has 0 unspecified atom stereocenters. The maximum absolute atomic E-state index is 6.34. The highest BCUT2D eigenvalue weighted by molar-refractivity contribution is 7.08. The van der Waals surface area contributed by atoms with Gasteiger partial charge in [-0.05, 0) is 49.1 Å². The van der Waals surface area contributed by atoms with Crippen LogP contribution in [-0.4, -0.2) is 23.4 Å². The summed E-state index contributed by atoms with van der Waals surface area (Å²) in [6.07, 6.45) is 1.65. The van der Waals surface area contributed by atoms with Gasteiger partial charge in [-0.2, -0.15) is 16.3 Å². The molecule has 0 aliphatic rings. The van der Waals surface area contributed by atoms with Gasteiger partial charge < -0.3 is 14.0 Å². The van der Waals surface area contributed by atoms with Gasteiger partial charge in [-0.25, -0.2) is 0 Å². The summed E-state index contributed by atoms with van der Waals surface area (Å²) in [5.74, 6) is 1.73. The first kappa shape index (κ1) is 18.8. The van der Waals surface area contributed by atoms with Gasteiger partial charge in [0.15, 0.2) is 11.5 Å². The van der Waals surface area contributed by atoms with E-state index in [9.17, 15) is 0 Å². The van der Waals surface area contributed by atoms with E-state index in [0.29, 0.717) is 27.4 Å². The molecule has 3 rings (SSSR count). The summed E-state index contributed by atoms with van der Waals surface area (Å²) in [7, 11) is 1.55. The minimum atomic E-state index is -0.0275. The summed E-state index contributed by atoms with van der Waals surface area (Å²) in [6.45, 7) is 3.84. The molecule has 0 saturated heterocycles. The Morgan fingerprint density at radius 3 is 2.81 bits per heavy atom. The second-order valence-electron chi connectivity index (χ2n) is 5.63. The summed E-state index contributed by atoms with van der Waals surface area (Å²) >= 11 is 14.2. The number of thiophene rings is 1. The van der Waals surface area contributed by atoms with Crippen LogP contribution < -0.4 is 9.47 Å². The van der Waals surface area contributed by atoms with Crippen molar-refractivity contribution in [1.29, 1.82) is 0 Å². The largest absolute Gasteiger partial charge is 0.493 e. The molecule has 5 nitrogen and oxygen atoms in total. The second kappa shape index (κ2) is 8.12. The minimum absolute atomic E-state index is 0.0275. The van der Waals surface area contributed by atoms with Crippen LogP contribution in [0.15, 0.2) is 33.5 Å². The highest BCUT2D eigenvalue weighted by Gasteiger charge is 2.15. The molecule has 0 saturated carbocycles. The van der Waals surface area contributed by atoms with Crippen molar-refractivity contribution in [2.45, 2.75) is 20.0 Å². The topological polar surface area (TPSA) is 57.4 Å². The summed E-state index contributed by atoms with van der Waals surface area (Å²) < 4.78 is 16.3. The Balaban J connectivity index is 1.90. The lowest BCUT2D eigenvalue weighted by molar-refractivity contribution is 0.230. The average Bonchev–Trinajstić information content (AvgIpc) is 3.27. The molecule has 0 fully saturated rings. The van der Waals surface area contributed by atoms with Crippen LogP contribution >= 0.6 is 34.5 Å². The molecular formula is C18H16Cl2N2O3S. The van der Waals surface area contributed by atoms with E-state index in [1.165, 1.54) is 0 Å². The molecule has 1 aromatic carbocycles. The summed E-state index contributed by atoms with van der Waals surface area (Å²) in [5, 5.41) is 8.55. The maximum atomic E-state index is 6.34. The predicted molar refractivity (Wildman–Crippen MR) is 105 cm³/mol. The van der Waals surface area contributed by atoms with Gasteiger partial charge >= 0.3 is 0 Å². The first-order valence-electron chi connectivity index (χ1n) is 7.76. The van der Waals surface area contributed by atoms with Gasteiger partial charge in [0.2, 0.25) is 5.82 Å². The Bertz CT molecular complexity index is 921. The Hall–Kier alpha value is -2.02. The molecule has 136 valence electrons. The SMILES string of the molecule is COc1cc(C=C(Cl)c2nc(-c3ccsc3)no2)cc(Cl)c1OC(C)C. The number of ether oxygens (including phenoxy) is 2. The van der Waals surface area contributed by atoms with Gasteiger partial charge in [0.1, 0.15) is 5.03 Å². The number of hydrogen-bond acceptors (Lipinski definition) is 6. The highest BCUT2D eigenvalue weighted by atomic mass is 35.5. The normalized spacial score (nSPS) is 11.8. The highest BCUT2D eigenvalue weighted by Crippen LogP contribution is 2.38. The maximum Gasteiger partial charge on any atom is 0.269 e. The number of methoxy groups -OCH3 is 1. The molecule has 2 aromatic heterocycles. The van der Waals surface area contributed by atoms with Crippen molar-refractivity contribution in [2.24, 2.45) is 0 Å². The number of halogens is 2. The molecule has 8 heteroatoms. The molecule has 2 heterocycles. The molecule has 0 radical (unpaired) electrons. The van der Waals surface area contributed by atoms with Crippen molar-refractivity contribution < 1.29 is 14.0 Å². The van der Waals surface area contributed by atoms with Crippen molar-refractivity contribution in [2.75, 3.05) is 7.11 Å². The van der Waals surface area contributed by atoms with Crippen LogP contribution in [0.1, 0.15) is 25.3 Å². The molecule has 0 N–H and O–H groups in total. The Labute approximate surface area is 165 Å². The molecule has 0 spiro atoms. The van der Waals surface area contributed by atoms with Crippen LogP contribution in [0.5, 0.6) is 11.5 Å². The van der Waals surface area contributed by atoms with Gasteiger partial charge in [0.05, 0.1) is 18.2 Å². The van der Waals surface area contributed by atoms with Gasteiger partial charge in [-0.15, -0.1) is 0 Å². The first-order chi connectivity index (χ1) is 12.5. The van der Waals surface area contributed by atoms with Gasteiger partial charge in [0.25, 0.3) is 5.89 Å². The fourth-order valence-corrected chi connectivity index (χ4v) is 3.31. The first-order valence-corrected chi connectivity index (χ1v) is 9.46. The minimum Gasteiger partial charge on any atom is -0.493 e. The van der Waals surface area contributed by atoms with E-state index in [1.807, 2.05) is 30.7 Å². The van der Waals surface area contributed by atoms with E-state index in [4.69, 9.17) is 37.2 Å². The Morgan fingerprint density at radius 2 is 2.15 bits per heavy atom. The van der Waals surface area contributed by atoms with Gasteiger partial charge in [0, 0.05) is 10.9 Å². The van der Waals surface area contributed by atoms with Crippen LogP contribution in [-0.2, 0) is 0 Å². The smallest absolute Gasteiger partial charge is 0.269 e. The third-order valence-electron chi connectivity index (χ3n) is 3.31. The number of rotatable bonds is 6. The molecule has 26 heavy (non-hydrogen) atoms. The van der Waals surface area contributed by atoms with Crippen molar-refractivity contribution >= 4 is 45.6 Å². The van der Waals surface area contributed by atoms with Crippen LogP contribution in [0, 0.1) is 0 Å². The zero-order chi connectivity index (χ0) is 18.7. The van der Waals surface area contributed by atoms with Crippen molar-refractivity contribution in [3.8, 4) is 22.9 Å². The van der Waals surface area contributed by atoms with E-state index in [0.717, 1.165) is 11.1 Å². The zero-order valence-electron chi connectivity index (χ0n) is 14.3. The lowest BCUT2D eigenvalue weighted by atomic mass is 10.2. The van der Waals surface area contributed by atoms with Crippen LogP contribution in [0.3, 0.4) is 0 Å². The number of hydrogen-bond donors (Lipinski definition) is 0. The van der Waals surface area contributed by atoms with Crippen molar-refractivity contribution in [1.82, 2.24) is 10.1 Å². The zero-order valence-corrected chi connectivity index (χ0v) is 16.7. The standard InChI is InChI=1S/C18H16Cl2N2O3S/c1-10(2)24-16-13(19)6-11(8-15(16)23-3)7-14(20)18-21-17(22-25-18)12-4-5-26-9-12/h4-10H,1-3H3. The fourth-order valence-electron chi connectivity index (χ4n) is 2.21. The predicted octanol–water partition coefficient (Wildman–Crippen LogP) is 5.98. The van der Waals surface area contributed by atoms with E-state index in [1.54, 1.807) is 36.7 Å². The average molecular weight is 411 g/mol. The van der Waals surface area contributed by atoms with E-state index in [-0.39, 0.29) is 12.0 Å². The lowest BCUT2D eigenvalue weighted by Gasteiger charge is -2.15. The van der Waals surface area contributed by atoms with Gasteiger partial charge in [-0.3, -0.25) is 0 Å². The molecule has 0 atom stereocenters. The molecule has 0 amide bonds. The van der Waals surface area contributed by atoms with Gasteiger partial charge in [-0.1, -0.05) is 28.4 Å². The fraction of sp³-hybridized carbons (Fsp3) is 0.222. The van der Waals surface area contributed by atoms with Crippen LogP contribution in [0.25, 0.3) is 22.5 Å². The Kier molecular flexibility index (Phi) is 5.86. The summed E-state index contributed by atoms with van der Waals surface area (Å²) in [5.41, 5.74) is 1.61. The van der Waals surface area contributed by atoms with Crippen LogP contribution in [0.2, 0.25) is 5.02 Å². The molecule has 3 aromatic rings. The number of benzene rings is 1. The third-order valence-corrected chi connectivity index (χ3v) is 4.54. The lowest BCUT2D eigenvalue weighted by Crippen LogP contribution is -2.07. The monoisotopic (exact) mass is 410 g/mol. The summed E-state index contributed by atoms with van der Waals surface area (Å²) in [6, 6.07) is 5.43. The van der Waals surface area contributed by atoms with Crippen LogP contribution in [0.4, 0.5) is 0 Å². The van der Waals surface area contributed by atoms with E-state index in [2.05, 4.69) is 10.1 Å². The molecule has 0 aliphatic carbocycles. The third kappa shape index (κ3) is 4.20. The number of nitrogens with zero attached hydrogens (tertiary/aromatic N) is 2. The molecular weight excluding hydrogens is 395 g/mol. The van der Waals surface area contributed by atoms with Crippen molar-refractivity contribution in [3.05, 3.63) is 45.4 Å². The molecule has 0 aliphatic heterocycles. The molecule has 0 bridgehead atoms. The number of aromatic nitrogens is 2.